The quantitative estimate of drug-likeness (QED) is 0.786. The zero-order chi connectivity index (χ0) is 15.0. The van der Waals surface area contributed by atoms with Crippen LogP contribution >= 0.6 is 0 Å². The van der Waals surface area contributed by atoms with Gasteiger partial charge < -0.3 is 14.8 Å². The highest BCUT2D eigenvalue weighted by Crippen LogP contribution is 2.29. The van der Waals surface area contributed by atoms with Gasteiger partial charge in [0.2, 0.25) is 5.91 Å². The summed E-state index contributed by atoms with van der Waals surface area (Å²) >= 11 is 0. The number of benzene rings is 1. The number of ether oxygens (including phenoxy) is 2. The highest BCUT2D eigenvalue weighted by molar-refractivity contribution is 5.94. The first-order valence-corrected chi connectivity index (χ1v) is 7.19. The van der Waals surface area contributed by atoms with Crippen molar-refractivity contribution < 1.29 is 14.3 Å². The molecule has 0 aliphatic rings. The maximum atomic E-state index is 12.4. The van der Waals surface area contributed by atoms with Gasteiger partial charge in [-0.05, 0) is 25.0 Å². The summed E-state index contributed by atoms with van der Waals surface area (Å²) in [6.45, 7) is 4.20. The summed E-state index contributed by atoms with van der Waals surface area (Å²) in [5.74, 6) is 1.45. The van der Waals surface area contributed by atoms with Crippen molar-refractivity contribution in [2.75, 3.05) is 19.5 Å². The molecule has 0 saturated carbocycles. The van der Waals surface area contributed by atoms with Crippen LogP contribution in [-0.4, -0.2) is 20.1 Å². The summed E-state index contributed by atoms with van der Waals surface area (Å²) < 4.78 is 10.5. The Morgan fingerprint density at radius 1 is 1.15 bits per heavy atom. The molecule has 4 heteroatoms. The maximum absolute atomic E-state index is 12.4. The first kappa shape index (κ1) is 16.3. The van der Waals surface area contributed by atoms with E-state index in [1.807, 2.05) is 6.07 Å². The number of hydrogen-bond acceptors (Lipinski definition) is 3. The van der Waals surface area contributed by atoms with Crippen LogP contribution < -0.4 is 14.8 Å². The van der Waals surface area contributed by atoms with E-state index in [2.05, 4.69) is 19.2 Å². The summed E-state index contributed by atoms with van der Waals surface area (Å²) in [6.07, 6.45) is 3.83. The minimum atomic E-state index is 0.0558. The van der Waals surface area contributed by atoms with Crippen LogP contribution in [0.5, 0.6) is 11.5 Å². The van der Waals surface area contributed by atoms with Gasteiger partial charge in [0.15, 0.2) is 0 Å². The van der Waals surface area contributed by atoms with Crippen LogP contribution in [0.2, 0.25) is 0 Å². The van der Waals surface area contributed by atoms with Gasteiger partial charge >= 0.3 is 0 Å². The largest absolute Gasteiger partial charge is 0.497 e. The molecule has 1 aromatic carbocycles. The number of methoxy groups -OCH3 is 2. The number of carbonyl (C=O) groups is 1. The molecule has 1 aromatic rings. The van der Waals surface area contributed by atoms with Gasteiger partial charge in [-0.25, -0.2) is 0 Å². The van der Waals surface area contributed by atoms with Crippen molar-refractivity contribution in [3.05, 3.63) is 18.2 Å². The molecule has 1 amide bonds. The van der Waals surface area contributed by atoms with E-state index in [1.54, 1.807) is 26.4 Å². The SMILES string of the molecule is CCCC(CCC)C(=O)Nc1cc(OC)ccc1OC. The van der Waals surface area contributed by atoms with E-state index in [9.17, 15) is 4.79 Å². The van der Waals surface area contributed by atoms with Gasteiger partial charge in [0, 0.05) is 12.0 Å². The number of nitrogens with one attached hydrogen (secondary N) is 1. The molecule has 0 aliphatic carbocycles. The van der Waals surface area contributed by atoms with Crippen LogP contribution in [0.4, 0.5) is 5.69 Å². The van der Waals surface area contributed by atoms with E-state index in [0.29, 0.717) is 17.2 Å². The van der Waals surface area contributed by atoms with E-state index in [1.165, 1.54) is 0 Å². The summed E-state index contributed by atoms with van der Waals surface area (Å²) in [6, 6.07) is 5.39. The number of rotatable bonds is 8. The van der Waals surface area contributed by atoms with Crippen molar-refractivity contribution in [3.8, 4) is 11.5 Å². The number of hydrogen-bond donors (Lipinski definition) is 1. The maximum Gasteiger partial charge on any atom is 0.227 e. The van der Waals surface area contributed by atoms with Gasteiger partial charge in [-0.15, -0.1) is 0 Å². The molecule has 20 heavy (non-hydrogen) atoms. The second kappa shape index (κ2) is 8.46. The standard InChI is InChI=1S/C16H25NO3/c1-5-7-12(8-6-2)16(18)17-14-11-13(19-3)9-10-15(14)20-4/h9-12H,5-8H2,1-4H3,(H,17,18). The van der Waals surface area contributed by atoms with Gasteiger partial charge in [0.25, 0.3) is 0 Å². The third kappa shape index (κ3) is 4.44. The predicted molar refractivity (Wildman–Crippen MR) is 81.5 cm³/mol. The van der Waals surface area contributed by atoms with Crippen molar-refractivity contribution in [2.45, 2.75) is 39.5 Å². The van der Waals surface area contributed by atoms with Gasteiger partial charge in [0.05, 0.1) is 19.9 Å². The normalized spacial score (nSPS) is 10.4. The fourth-order valence-corrected chi connectivity index (χ4v) is 2.25. The molecule has 1 N–H and O–H groups in total. The second-order valence-corrected chi connectivity index (χ2v) is 4.83. The Labute approximate surface area is 121 Å². The molecule has 0 saturated heterocycles. The Morgan fingerprint density at radius 2 is 1.80 bits per heavy atom. The Balaban J connectivity index is 2.86. The lowest BCUT2D eigenvalue weighted by molar-refractivity contribution is -0.120. The zero-order valence-corrected chi connectivity index (χ0v) is 12.9. The molecule has 1 rings (SSSR count). The highest BCUT2D eigenvalue weighted by atomic mass is 16.5. The lowest BCUT2D eigenvalue weighted by Gasteiger charge is -2.17. The minimum Gasteiger partial charge on any atom is -0.497 e. The highest BCUT2D eigenvalue weighted by Gasteiger charge is 2.18. The first-order valence-electron chi connectivity index (χ1n) is 7.19. The molecule has 0 heterocycles. The summed E-state index contributed by atoms with van der Waals surface area (Å²) in [7, 11) is 3.19. The molecular formula is C16H25NO3. The van der Waals surface area contributed by atoms with Gasteiger partial charge in [-0.3, -0.25) is 4.79 Å². The molecular weight excluding hydrogens is 254 g/mol. The Kier molecular flexibility index (Phi) is 6.91. The first-order chi connectivity index (χ1) is 9.65. The Bertz CT molecular complexity index is 426. The van der Waals surface area contributed by atoms with E-state index in [0.717, 1.165) is 25.7 Å². The smallest absolute Gasteiger partial charge is 0.227 e. The van der Waals surface area contributed by atoms with Gasteiger partial charge in [-0.2, -0.15) is 0 Å². The van der Waals surface area contributed by atoms with Crippen LogP contribution in [0.3, 0.4) is 0 Å². The van der Waals surface area contributed by atoms with Crippen LogP contribution in [0, 0.1) is 5.92 Å². The topological polar surface area (TPSA) is 47.6 Å². The Morgan fingerprint density at radius 3 is 2.30 bits per heavy atom. The van der Waals surface area contributed by atoms with Crippen molar-refractivity contribution >= 4 is 11.6 Å². The number of amides is 1. The summed E-state index contributed by atoms with van der Waals surface area (Å²) in [5.41, 5.74) is 0.661. The number of carbonyl (C=O) groups excluding carboxylic acids is 1. The fourth-order valence-electron chi connectivity index (χ4n) is 2.25. The molecule has 0 aromatic heterocycles. The average molecular weight is 279 g/mol. The molecule has 0 fully saturated rings. The van der Waals surface area contributed by atoms with Crippen molar-refractivity contribution in [2.24, 2.45) is 5.92 Å². The average Bonchev–Trinajstić information content (AvgIpc) is 2.46. The summed E-state index contributed by atoms with van der Waals surface area (Å²) in [4.78, 5) is 12.4. The van der Waals surface area contributed by atoms with E-state index in [4.69, 9.17) is 9.47 Å². The van der Waals surface area contributed by atoms with E-state index < -0.39 is 0 Å². The summed E-state index contributed by atoms with van der Waals surface area (Å²) in [5, 5.41) is 2.96. The third-order valence-corrected chi connectivity index (χ3v) is 3.31. The van der Waals surface area contributed by atoms with E-state index in [-0.39, 0.29) is 11.8 Å². The molecule has 0 atom stereocenters. The molecule has 0 bridgehead atoms. The second-order valence-electron chi connectivity index (χ2n) is 4.83. The van der Waals surface area contributed by atoms with Crippen molar-refractivity contribution in [3.63, 3.8) is 0 Å². The molecule has 0 spiro atoms. The van der Waals surface area contributed by atoms with Gasteiger partial charge in [-0.1, -0.05) is 26.7 Å². The molecule has 0 radical (unpaired) electrons. The van der Waals surface area contributed by atoms with Crippen LogP contribution in [-0.2, 0) is 4.79 Å². The number of anilines is 1. The van der Waals surface area contributed by atoms with E-state index >= 15 is 0 Å². The zero-order valence-electron chi connectivity index (χ0n) is 12.9. The molecule has 4 nitrogen and oxygen atoms in total. The van der Waals surface area contributed by atoms with Crippen molar-refractivity contribution in [1.82, 2.24) is 0 Å². The van der Waals surface area contributed by atoms with Crippen LogP contribution in [0.1, 0.15) is 39.5 Å². The monoisotopic (exact) mass is 279 g/mol. The third-order valence-electron chi connectivity index (χ3n) is 3.31. The molecule has 0 aliphatic heterocycles. The molecule has 112 valence electrons. The van der Waals surface area contributed by atoms with Crippen molar-refractivity contribution in [1.29, 1.82) is 0 Å². The Hall–Kier alpha value is -1.71. The lowest BCUT2D eigenvalue weighted by Crippen LogP contribution is -2.23. The minimum absolute atomic E-state index is 0.0558. The molecule has 0 unspecified atom stereocenters. The van der Waals surface area contributed by atoms with Crippen LogP contribution in [0.15, 0.2) is 18.2 Å². The lowest BCUT2D eigenvalue weighted by atomic mass is 9.97. The predicted octanol–water partition coefficient (Wildman–Crippen LogP) is 3.86. The fraction of sp³-hybridized carbons (Fsp3) is 0.562. The van der Waals surface area contributed by atoms with Crippen LogP contribution in [0.25, 0.3) is 0 Å². The van der Waals surface area contributed by atoms with Gasteiger partial charge in [0.1, 0.15) is 11.5 Å².